The lowest BCUT2D eigenvalue weighted by Gasteiger charge is -2.07. The number of nitrogens with zero attached hydrogens (tertiary/aromatic N) is 3. The van der Waals surface area contributed by atoms with Gasteiger partial charge in [0.15, 0.2) is 5.76 Å². The summed E-state index contributed by atoms with van der Waals surface area (Å²) in [6.07, 6.45) is 1.54. The standard InChI is InChI=1S/C16H17N5O2S/c1-10-5-6-12(8-11(10)2)18-14(22)9-24-16-20-19-15(21(16)17)13-4-3-7-23-13/h3-8H,9,17H2,1-2H3,(H,18,22). The number of nitrogen functional groups attached to an aromatic ring is 1. The van der Waals surface area contributed by atoms with E-state index in [2.05, 4.69) is 15.5 Å². The zero-order chi connectivity index (χ0) is 17.1. The molecule has 0 radical (unpaired) electrons. The quantitative estimate of drug-likeness (QED) is 0.546. The maximum absolute atomic E-state index is 12.1. The number of furan rings is 1. The van der Waals surface area contributed by atoms with Gasteiger partial charge in [-0.3, -0.25) is 4.79 Å². The van der Waals surface area contributed by atoms with E-state index in [-0.39, 0.29) is 11.7 Å². The van der Waals surface area contributed by atoms with Gasteiger partial charge in [-0.05, 0) is 49.2 Å². The highest BCUT2D eigenvalue weighted by Crippen LogP contribution is 2.22. The second-order valence-corrected chi connectivity index (χ2v) is 6.23. The number of thioether (sulfide) groups is 1. The van der Waals surface area contributed by atoms with E-state index >= 15 is 0 Å². The maximum Gasteiger partial charge on any atom is 0.234 e. The topological polar surface area (TPSA) is 99.0 Å². The Morgan fingerprint density at radius 1 is 1.29 bits per heavy atom. The van der Waals surface area contributed by atoms with Gasteiger partial charge in [-0.15, -0.1) is 10.2 Å². The van der Waals surface area contributed by atoms with E-state index in [9.17, 15) is 4.79 Å². The molecule has 0 aliphatic carbocycles. The number of carbonyl (C=O) groups is 1. The van der Waals surface area contributed by atoms with Gasteiger partial charge < -0.3 is 15.6 Å². The fourth-order valence-electron chi connectivity index (χ4n) is 2.10. The first kappa shape index (κ1) is 16.1. The molecular weight excluding hydrogens is 326 g/mol. The highest BCUT2D eigenvalue weighted by atomic mass is 32.2. The van der Waals surface area contributed by atoms with E-state index in [0.29, 0.717) is 16.7 Å². The van der Waals surface area contributed by atoms with E-state index < -0.39 is 0 Å². The number of hydrogen-bond acceptors (Lipinski definition) is 6. The molecule has 0 saturated carbocycles. The molecule has 0 aliphatic rings. The Labute approximate surface area is 143 Å². The molecule has 0 saturated heterocycles. The minimum atomic E-state index is -0.134. The van der Waals surface area contributed by atoms with Crippen molar-refractivity contribution in [1.82, 2.24) is 14.9 Å². The Hall–Kier alpha value is -2.74. The van der Waals surface area contributed by atoms with Gasteiger partial charge in [0.25, 0.3) is 0 Å². The van der Waals surface area contributed by atoms with Gasteiger partial charge in [0, 0.05) is 5.69 Å². The van der Waals surface area contributed by atoms with Crippen molar-refractivity contribution in [2.75, 3.05) is 16.9 Å². The van der Waals surface area contributed by atoms with Crippen LogP contribution in [0.15, 0.2) is 46.2 Å². The molecule has 2 aromatic heterocycles. The molecule has 3 aromatic rings. The SMILES string of the molecule is Cc1ccc(NC(=O)CSc2nnc(-c3ccco3)n2N)cc1C. The molecule has 0 aliphatic heterocycles. The fraction of sp³-hybridized carbons (Fsp3) is 0.188. The van der Waals surface area contributed by atoms with Gasteiger partial charge in [-0.2, -0.15) is 0 Å². The van der Waals surface area contributed by atoms with Crippen LogP contribution in [0.3, 0.4) is 0 Å². The molecule has 7 nitrogen and oxygen atoms in total. The fourth-order valence-corrected chi connectivity index (χ4v) is 2.75. The van der Waals surface area contributed by atoms with Gasteiger partial charge in [-0.25, -0.2) is 4.68 Å². The average molecular weight is 343 g/mol. The predicted octanol–water partition coefficient (Wildman–Crippen LogP) is 2.60. The van der Waals surface area contributed by atoms with Crippen molar-refractivity contribution < 1.29 is 9.21 Å². The summed E-state index contributed by atoms with van der Waals surface area (Å²) in [5, 5.41) is 11.3. The van der Waals surface area contributed by atoms with Crippen LogP contribution in [0.1, 0.15) is 11.1 Å². The molecule has 8 heteroatoms. The molecule has 124 valence electrons. The third-order valence-electron chi connectivity index (χ3n) is 3.53. The number of carbonyl (C=O) groups excluding carboxylic acids is 1. The molecule has 0 atom stereocenters. The highest BCUT2D eigenvalue weighted by molar-refractivity contribution is 7.99. The second kappa shape index (κ2) is 6.79. The van der Waals surface area contributed by atoms with Gasteiger partial charge >= 0.3 is 0 Å². The summed E-state index contributed by atoms with van der Waals surface area (Å²) in [6.45, 7) is 4.04. The smallest absolute Gasteiger partial charge is 0.234 e. The predicted molar refractivity (Wildman–Crippen MR) is 93.1 cm³/mol. The lowest BCUT2D eigenvalue weighted by Crippen LogP contribution is -2.16. The summed E-state index contributed by atoms with van der Waals surface area (Å²) in [7, 11) is 0. The summed E-state index contributed by atoms with van der Waals surface area (Å²) >= 11 is 1.21. The number of aryl methyl sites for hydroxylation is 2. The zero-order valence-corrected chi connectivity index (χ0v) is 14.1. The largest absolute Gasteiger partial charge is 0.461 e. The lowest BCUT2D eigenvalue weighted by atomic mass is 10.1. The van der Waals surface area contributed by atoms with Crippen LogP contribution in [-0.4, -0.2) is 26.5 Å². The number of anilines is 1. The minimum absolute atomic E-state index is 0.134. The molecule has 2 heterocycles. The summed E-state index contributed by atoms with van der Waals surface area (Å²) in [5.41, 5.74) is 3.09. The van der Waals surface area contributed by atoms with E-state index in [1.807, 2.05) is 32.0 Å². The average Bonchev–Trinajstić information content (AvgIpc) is 3.19. The first-order valence-electron chi connectivity index (χ1n) is 7.29. The number of aromatic nitrogens is 3. The first-order valence-corrected chi connectivity index (χ1v) is 8.27. The molecule has 24 heavy (non-hydrogen) atoms. The van der Waals surface area contributed by atoms with Crippen LogP contribution in [0.25, 0.3) is 11.6 Å². The van der Waals surface area contributed by atoms with Crippen molar-refractivity contribution in [2.24, 2.45) is 0 Å². The Morgan fingerprint density at radius 3 is 2.83 bits per heavy atom. The summed E-state index contributed by atoms with van der Waals surface area (Å²) in [5.74, 6) is 6.93. The van der Waals surface area contributed by atoms with Gasteiger partial charge in [0.2, 0.25) is 16.9 Å². The van der Waals surface area contributed by atoms with Crippen LogP contribution >= 0.6 is 11.8 Å². The number of amides is 1. The van der Waals surface area contributed by atoms with Gasteiger partial charge in [-0.1, -0.05) is 17.8 Å². The van der Waals surface area contributed by atoms with Crippen LogP contribution < -0.4 is 11.2 Å². The molecule has 1 aromatic carbocycles. The molecule has 0 unspecified atom stereocenters. The van der Waals surface area contributed by atoms with E-state index in [1.165, 1.54) is 28.3 Å². The van der Waals surface area contributed by atoms with Crippen molar-refractivity contribution >= 4 is 23.4 Å². The molecule has 3 N–H and O–H groups in total. The number of rotatable bonds is 5. The van der Waals surface area contributed by atoms with Gasteiger partial charge in [0.05, 0.1) is 12.0 Å². The Balaban J connectivity index is 1.61. The minimum Gasteiger partial charge on any atom is -0.461 e. The van der Waals surface area contributed by atoms with Crippen molar-refractivity contribution in [1.29, 1.82) is 0 Å². The van der Waals surface area contributed by atoms with Gasteiger partial charge in [0.1, 0.15) is 0 Å². The van der Waals surface area contributed by atoms with Crippen molar-refractivity contribution in [3.05, 3.63) is 47.7 Å². The lowest BCUT2D eigenvalue weighted by molar-refractivity contribution is -0.113. The van der Waals surface area contributed by atoms with Crippen molar-refractivity contribution in [2.45, 2.75) is 19.0 Å². The van der Waals surface area contributed by atoms with Crippen LogP contribution in [0, 0.1) is 13.8 Å². The van der Waals surface area contributed by atoms with Crippen molar-refractivity contribution in [3.8, 4) is 11.6 Å². The zero-order valence-electron chi connectivity index (χ0n) is 13.3. The Kier molecular flexibility index (Phi) is 4.57. The Morgan fingerprint density at radius 2 is 2.12 bits per heavy atom. The van der Waals surface area contributed by atoms with Crippen LogP contribution in [0.4, 0.5) is 5.69 Å². The third-order valence-corrected chi connectivity index (χ3v) is 4.47. The van der Waals surface area contributed by atoms with Crippen LogP contribution in [0.5, 0.6) is 0 Å². The molecule has 1 amide bonds. The summed E-state index contributed by atoms with van der Waals surface area (Å²) in [6, 6.07) is 9.29. The van der Waals surface area contributed by atoms with Crippen LogP contribution in [0.2, 0.25) is 0 Å². The maximum atomic E-state index is 12.1. The highest BCUT2D eigenvalue weighted by Gasteiger charge is 2.15. The third kappa shape index (κ3) is 3.43. The van der Waals surface area contributed by atoms with E-state index in [1.54, 1.807) is 12.1 Å². The Bertz CT molecular complexity index is 857. The van der Waals surface area contributed by atoms with Crippen molar-refractivity contribution in [3.63, 3.8) is 0 Å². The summed E-state index contributed by atoms with van der Waals surface area (Å²) < 4.78 is 6.56. The molecule has 0 fully saturated rings. The number of nitrogens with one attached hydrogen (secondary N) is 1. The monoisotopic (exact) mass is 343 g/mol. The number of hydrogen-bond donors (Lipinski definition) is 2. The summed E-state index contributed by atoms with van der Waals surface area (Å²) in [4.78, 5) is 12.1. The van der Waals surface area contributed by atoms with E-state index in [4.69, 9.17) is 10.3 Å². The molecular formula is C16H17N5O2S. The molecule has 3 rings (SSSR count). The number of benzene rings is 1. The van der Waals surface area contributed by atoms with Crippen LogP contribution in [-0.2, 0) is 4.79 Å². The molecule has 0 bridgehead atoms. The normalized spacial score (nSPS) is 10.8. The second-order valence-electron chi connectivity index (χ2n) is 5.29. The molecule has 0 spiro atoms. The number of nitrogens with two attached hydrogens (primary N) is 1. The van der Waals surface area contributed by atoms with E-state index in [0.717, 1.165) is 11.3 Å². The first-order chi connectivity index (χ1) is 11.5.